The maximum absolute atomic E-state index is 13.4. The molecule has 0 saturated carbocycles. The molecule has 0 aliphatic carbocycles. The third-order valence-corrected chi connectivity index (χ3v) is 2.27. The highest BCUT2D eigenvalue weighted by molar-refractivity contribution is 6.58. The zero-order valence-electron chi connectivity index (χ0n) is 8.34. The highest BCUT2D eigenvalue weighted by atomic mass is 19.1. The van der Waals surface area contributed by atoms with Crippen molar-refractivity contribution in [1.29, 1.82) is 0 Å². The van der Waals surface area contributed by atoms with Gasteiger partial charge in [0.1, 0.15) is 5.82 Å². The van der Waals surface area contributed by atoms with Crippen LogP contribution < -0.4 is 5.46 Å². The molecule has 2 aromatic rings. The quantitative estimate of drug-likeness (QED) is 0.723. The van der Waals surface area contributed by atoms with Crippen molar-refractivity contribution in [3.8, 4) is 11.1 Å². The van der Waals surface area contributed by atoms with E-state index in [9.17, 15) is 4.39 Å². The molecule has 0 aliphatic heterocycles. The van der Waals surface area contributed by atoms with Crippen molar-refractivity contribution in [1.82, 2.24) is 4.98 Å². The lowest BCUT2D eigenvalue weighted by Gasteiger charge is -2.05. The predicted molar refractivity (Wildman–Crippen MR) is 59.5 cm³/mol. The Kier molecular flexibility index (Phi) is 2.98. The first-order valence-electron chi connectivity index (χ1n) is 4.74. The fourth-order valence-corrected chi connectivity index (χ4v) is 1.45. The highest BCUT2D eigenvalue weighted by Crippen LogP contribution is 2.17. The van der Waals surface area contributed by atoms with Crippen LogP contribution in [-0.2, 0) is 0 Å². The zero-order chi connectivity index (χ0) is 11.5. The molecular weight excluding hydrogens is 208 g/mol. The monoisotopic (exact) mass is 217 g/mol. The Morgan fingerprint density at radius 1 is 1.12 bits per heavy atom. The molecule has 5 heteroatoms. The van der Waals surface area contributed by atoms with Crippen LogP contribution in [0.1, 0.15) is 0 Å². The molecule has 0 atom stereocenters. The van der Waals surface area contributed by atoms with Crippen molar-refractivity contribution >= 4 is 12.6 Å². The van der Waals surface area contributed by atoms with Crippen molar-refractivity contribution in [2.45, 2.75) is 0 Å². The Morgan fingerprint density at radius 3 is 2.50 bits per heavy atom. The first-order valence-corrected chi connectivity index (χ1v) is 4.74. The lowest BCUT2D eigenvalue weighted by Crippen LogP contribution is -2.32. The summed E-state index contributed by atoms with van der Waals surface area (Å²) in [5, 5.41) is 17.7. The van der Waals surface area contributed by atoms with Crippen LogP contribution in [-0.4, -0.2) is 22.2 Å². The smallest absolute Gasteiger partial charge is 0.423 e. The molecule has 0 fully saturated rings. The number of nitrogens with zero attached hydrogens (tertiary/aromatic N) is 1. The standard InChI is InChI=1S/C11H9BFNO2/c13-11-6-8(3-4-10(11)12(15)16)9-2-1-5-14-7-9/h1-7,15-16H. The van der Waals surface area contributed by atoms with E-state index in [-0.39, 0.29) is 5.46 Å². The Morgan fingerprint density at radius 2 is 1.94 bits per heavy atom. The van der Waals surface area contributed by atoms with E-state index in [0.29, 0.717) is 5.56 Å². The molecule has 1 aromatic carbocycles. The van der Waals surface area contributed by atoms with Crippen LogP contribution in [0.5, 0.6) is 0 Å². The van der Waals surface area contributed by atoms with Crippen LogP contribution in [0.4, 0.5) is 4.39 Å². The van der Waals surface area contributed by atoms with Crippen molar-refractivity contribution in [3.05, 3.63) is 48.5 Å². The molecular formula is C11H9BFNO2. The normalized spacial score (nSPS) is 10.2. The second-order valence-electron chi connectivity index (χ2n) is 3.35. The highest BCUT2D eigenvalue weighted by Gasteiger charge is 2.16. The molecule has 0 radical (unpaired) electrons. The molecule has 0 unspecified atom stereocenters. The average molecular weight is 217 g/mol. The Bertz CT molecular complexity index is 491. The molecule has 1 heterocycles. The molecule has 2 N–H and O–H groups in total. The largest absolute Gasteiger partial charge is 0.491 e. The zero-order valence-corrected chi connectivity index (χ0v) is 8.34. The van der Waals surface area contributed by atoms with Gasteiger partial charge in [-0.25, -0.2) is 4.39 Å². The van der Waals surface area contributed by atoms with Crippen LogP contribution in [0.15, 0.2) is 42.7 Å². The second kappa shape index (κ2) is 4.43. The first kappa shape index (κ1) is 10.8. The van der Waals surface area contributed by atoms with Crippen LogP contribution in [0.25, 0.3) is 11.1 Å². The summed E-state index contributed by atoms with van der Waals surface area (Å²) in [6.45, 7) is 0. The Labute approximate surface area is 92.4 Å². The second-order valence-corrected chi connectivity index (χ2v) is 3.35. The van der Waals surface area contributed by atoms with Crippen LogP contribution >= 0.6 is 0 Å². The van der Waals surface area contributed by atoms with Crippen LogP contribution in [0.2, 0.25) is 0 Å². The minimum Gasteiger partial charge on any atom is -0.423 e. The lowest BCUT2D eigenvalue weighted by atomic mass is 9.79. The van der Waals surface area contributed by atoms with E-state index >= 15 is 0 Å². The van der Waals surface area contributed by atoms with Gasteiger partial charge in [0.15, 0.2) is 0 Å². The van der Waals surface area contributed by atoms with E-state index in [1.807, 2.05) is 0 Å². The van der Waals surface area contributed by atoms with Gasteiger partial charge in [0.2, 0.25) is 0 Å². The summed E-state index contributed by atoms with van der Waals surface area (Å²) >= 11 is 0. The topological polar surface area (TPSA) is 53.4 Å². The number of aromatic nitrogens is 1. The van der Waals surface area contributed by atoms with Gasteiger partial charge in [-0.15, -0.1) is 0 Å². The van der Waals surface area contributed by atoms with E-state index in [2.05, 4.69) is 4.98 Å². The summed E-state index contributed by atoms with van der Waals surface area (Å²) < 4.78 is 13.4. The summed E-state index contributed by atoms with van der Waals surface area (Å²) in [5.41, 5.74) is 1.29. The van der Waals surface area contributed by atoms with E-state index < -0.39 is 12.9 Å². The minimum atomic E-state index is -1.79. The fourth-order valence-electron chi connectivity index (χ4n) is 1.45. The number of rotatable bonds is 2. The molecule has 3 nitrogen and oxygen atoms in total. The summed E-state index contributed by atoms with van der Waals surface area (Å²) in [6.07, 6.45) is 3.25. The molecule has 2 rings (SSSR count). The van der Waals surface area contributed by atoms with E-state index in [0.717, 1.165) is 5.56 Å². The minimum absolute atomic E-state index is 0.132. The summed E-state index contributed by atoms with van der Waals surface area (Å²) in [5.74, 6) is -0.642. The summed E-state index contributed by atoms with van der Waals surface area (Å²) in [6, 6.07) is 7.78. The third kappa shape index (κ3) is 2.10. The van der Waals surface area contributed by atoms with Crippen molar-refractivity contribution in [3.63, 3.8) is 0 Å². The number of halogens is 1. The Balaban J connectivity index is 2.43. The van der Waals surface area contributed by atoms with Crippen molar-refractivity contribution < 1.29 is 14.4 Å². The van der Waals surface area contributed by atoms with Gasteiger partial charge >= 0.3 is 7.12 Å². The van der Waals surface area contributed by atoms with Gasteiger partial charge in [-0.3, -0.25) is 4.98 Å². The van der Waals surface area contributed by atoms with Gasteiger partial charge in [0.05, 0.1) is 0 Å². The molecule has 0 saturated heterocycles. The Hall–Kier alpha value is -1.72. The third-order valence-electron chi connectivity index (χ3n) is 2.27. The SMILES string of the molecule is OB(O)c1ccc(-c2cccnc2)cc1F. The first-order chi connectivity index (χ1) is 7.68. The number of hydrogen-bond donors (Lipinski definition) is 2. The van der Waals surface area contributed by atoms with Crippen molar-refractivity contribution in [2.75, 3.05) is 0 Å². The molecule has 16 heavy (non-hydrogen) atoms. The molecule has 0 bridgehead atoms. The molecule has 0 aliphatic rings. The van der Waals surface area contributed by atoms with Gasteiger partial charge in [-0.2, -0.15) is 0 Å². The van der Waals surface area contributed by atoms with Gasteiger partial charge in [-0.1, -0.05) is 18.2 Å². The van der Waals surface area contributed by atoms with Gasteiger partial charge in [0, 0.05) is 23.4 Å². The van der Waals surface area contributed by atoms with E-state index in [1.165, 1.54) is 12.1 Å². The number of hydrogen-bond acceptors (Lipinski definition) is 3. The van der Waals surface area contributed by atoms with Crippen LogP contribution in [0.3, 0.4) is 0 Å². The molecule has 0 amide bonds. The number of benzene rings is 1. The molecule has 1 aromatic heterocycles. The molecule has 80 valence electrons. The molecule has 0 spiro atoms. The maximum Gasteiger partial charge on any atom is 0.491 e. The van der Waals surface area contributed by atoms with Gasteiger partial charge < -0.3 is 10.0 Å². The van der Waals surface area contributed by atoms with E-state index in [1.54, 1.807) is 30.6 Å². The fraction of sp³-hybridized carbons (Fsp3) is 0. The lowest BCUT2D eigenvalue weighted by molar-refractivity contribution is 0.423. The van der Waals surface area contributed by atoms with Crippen LogP contribution in [0, 0.1) is 5.82 Å². The summed E-state index contributed by atoms with van der Waals surface area (Å²) in [4.78, 5) is 3.93. The van der Waals surface area contributed by atoms with E-state index in [4.69, 9.17) is 10.0 Å². The van der Waals surface area contributed by atoms with Gasteiger partial charge in [-0.05, 0) is 17.7 Å². The van der Waals surface area contributed by atoms with Gasteiger partial charge in [0.25, 0.3) is 0 Å². The number of pyridine rings is 1. The average Bonchev–Trinajstić information content (AvgIpc) is 2.29. The maximum atomic E-state index is 13.4. The predicted octanol–water partition coefficient (Wildman–Crippen LogP) is 0.567. The summed E-state index contributed by atoms with van der Waals surface area (Å²) in [7, 11) is -1.79. The van der Waals surface area contributed by atoms with Crippen molar-refractivity contribution in [2.24, 2.45) is 0 Å².